The first-order valence-electron chi connectivity index (χ1n) is 5.11. The van der Waals surface area contributed by atoms with Crippen molar-refractivity contribution in [1.29, 1.82) is 0 Å². The number of aliphatic hydroxyl groups is 1. The van der Waals surface area contributed by atoms with E-state index in [2.05, 4.69) is 17.6 Å². The second-order valence-corrected chi connectivity index (χ2v) is 3.84. The van der Waals surface area contributed by atoms with Gasteiger partial charge in [0.2, 0.25) is 0 Å². The van der Waals surface area contributed by atoms with Gasteiger partial charge in [-0.2, -0.15) is 0 Å². The lowest BCUT2D eigenvalue weighted by Crippen LogP contribution is -2.39. The largest absolute Gasteiger partial charge is 0.391 e. The summed E-state index contributed by atoms with van der Waals surface area (Å²) in [5.41, 5.74) is 7.03. The first-order valence-corrected chi connectivity index (χ1v) is 5.11. The molecule has 1 rings (SSSR count). The van der Waals surface area contributed by atoms with Gasteiger partial charge >= 0.3 is 0 Å². The zero-order valence-electron chi connectivity index (χ0n) is 8.82. The number of nitrogens with two attached hydrogens (primary N) is 1. The maximum absolute atomic E-state index is 9.35. The number of aliphatic hydroxyl groups excluding tert-OH is 1. The Bertz CT molecular complexity index is 223. The van der Waals surface area contributed by atoms with E-state index in [1.807, 2.05) is 6.08 Å². The van der Waals surface area contributed by atoms with Crippen LogP contribution >= 0.6 is 0 Å². The van der Waals surface area contributed by atoms with E-state index in [1.54, 1.807) is 6.92 Å². The van der Waals surface area contributed by atoms with Gasteiger partial charge in [0, 0.05) is 19.6 Å². The predicted molar refractivity (Wildman–Crippen MR) is 59.0 cm³/mol. The molecule has 1 aliphatic heterocycles. The van der Waals surface area contributed by atoms with Crippen molar-refractivity contribution in [2.75, 3.05) is 19.6 Å². The average Bonchev–Trinajstić information content (AvgIpc) is 2.18. The number of hydrogen-bond donors (Lipinski definition) is 2. The molecule has 0 aliphatic carbocycles. The summed E-state index contributed by atoms with van der Waals surface area (Å²) in [6.45, 7) is 8.30. The molecular weight excluding hydrogens is 176 g/mol. The third kappa shape index (κ3) is 2.94. The van der Waals surface area contributed by atoms with Crippen LogP contribution in [-0.4, -0.2) is 41.8 Å². The summed E-state index contributed by atoms with van der Waals surface area (Å²) >= 11 is 0. The van der Waals surface area contributed by atoms with E-state index in [9.17, 15) is 5.11 Å². The molecule has 2 atom stereocenters. The third-order valence-corrected chi connectivity index (χ3v) is 2.66. The first-order chi connectivity index (χ1) is 6.65. The van der Waals surface area contributed by atoms with Crippen LogP contribution in [0.2, 0.25) is 0 Å². The summed E-state index contributed by atoms with van der Waals surface area (Å²) in [4.78, 5) is 2.30. The van der Waals surface area contributed by atoms with Gasteiger partial charge in [0.15, 0.2) is 0 Å². The highest BCUT2D eigenvalue weighted by Crippen LogP contribution is 2.15. The van der Waals surface area contributed by atoms with Crippen molar-refractivity contribution in [3.05, 3.63) is 24.3 Å². The highest BCUT2D eigenvalue weighted by Gasteiger charge is 2.18. The highest BCUT2D eigenvalue weighted by atomic mass is 16.3. The van der Waals surface area contributed by atoms with Crippen molar-refractivity contribution in [2.24, 2.45) is 5.73 Å². The van der Waals surface area contributed by atoms with E-state index in [0.717, 1.165) is 26.1 Å². The fourth-order valence-electron chi connectivity index (χ4n) is 1.69. The molecule has 0 saturated heterocycles. The maximum Gasteiger partial charge on any atom is 0.0701 e. The van der Waals surface area contributed by atoms with E-state index in [1.165, 1.54) is 5.57 Å². The fourth-order valence-corrected chi connectivity index (χ4v) is 1.69. The fraction of sp³-hybridized carbons (Fsp3) is 0.636. The summed E-state index contributed by atoms with van der Waals surface area (Å²) in [6.07, 6.45) is 4.55. The molecule has 0 spiro atoms. The Balaban J connectivity index is 2.48. The molecule has 0 aromatic carbocycles. The van der Waals surface area contributed by atoms with Gasteiger partial charge in [0.05, 0.1) is 12.1 Å². The van der Waals surface area contributed by atoms with E-state index in [4.69, 9.17) is 5.73 Å². The lowest BCUT2D eigenvalue weighted by molar-refractivity contribution is 0.171. The van der Waals surface area contributed by atoms with Gasteiger partial charge in [-0.15, -0.1) is 6.58 Å². The number of nitrogens with zero attached hydrogens (tertiary/aromatic N) is 1. The second kappa shape index (κ2) is 5.29. The van der Waals surface area contributed by atoms with Crippen molar-refractivity contribution in [2.45, 2.75) is 25.5 Å². The van der Waals surface area contributed by atoms with E-state index >= 15 is 0 Å². The van der Waals surface area contributed by atoms with Gasteiger partial charge in [0.1, 0.15) is 0 Å². The molecule has 0 aromatic rings. The molecule has 0 unspecified atom stereocenters. The maximum atomic E-state index is 9.35. The number of hydrogen-bond acceptors (Lipinski definition) is 3. The van der Waals surface area contributed by atoms with Gasteiger partial charge in [0.25, 0.3) is 0 Å². The van der Waals surface area contributed by atoms with Crippen molar-refractivity contribution in [1.82, 2.24) is 4.90 Å². The molecule has 3 heteroatoms. The Morgan fingerprint density at radius 3 is 2.93 bits per heavy atom. The lowest BCUT2D eigenvalue weighted by atomic mass is 9.97. The van der Waals surface area contributed by atoms with Crippen molar-refractivity contribution >= 4 is 0 Å². The van der Waals surface area contributed by atoms with Crippen LogP contribution in [0.3, 0.4) is 0 Å². The molecule has 14 heavy (non-hydrogen) atoms. The lowest BCUT2D eigenvalue weighted by Gasteiger charge is -2.28. The van der Waals surface area contributed by atoms with Crippen LogP contribution in [-0.2, 0) is 0 Å². The van der Waals surface area contributed by atoms with Crippen LogP contribution < -0.4 is 5.73 Å². The van der Waals surface area contributed by atoms with Gasteiger partial charge < -0.3 is 10.8 Å². The minimum Gasteiger partial charge on any atom is -0.391 e. The van der Waals surface area contributed by atoms with Crippen LogP contribution in [0.25, 0.3) is 0 Å². The van der Waals surface area contributed by atoms with Crippen molar-refractivity contribution in [3.63, 3.8) is 0 Å². The molecule has 1 aliphatic rings. The Morgan fingerprint density at radius 1 is 1.79 bits per heavy atom. The Kier molecular flexibility index (Phi) is 4.32. The van der Waals surface area contributed by atoms with E-state index < -0.39 is 6.10 Å². The molecule has 0 aromatic heterocycles. The van der Waals surface area contributed by atoms with Crippen LogP contribution in [0.4, 0.5) is 0 Å². The Morgan fingerprint density at radius 2 is 2.50 bits per heavy atom. The first kappa shape index (κ1) is 11.4. The Labute approximate surface area is 85.9 Å². The molecule has 3 N–H and O–H groups in total. The standard InChI is InChI=1S/C11H20N2O/c1-3-6-13-7-4-10(5-8-13)11(12)9(2)14/h3-4,9,11,14H,1,5-8,12H2,2H3/t9-,11+/m1/s1. The number of rotatable bonds is 4. The zero-order chi connectivity index (χ0) is 10.6. The molecular formula is C11H20N2O. The molecule has 1 heterocycles. The minimum absolute atomic E-state index is 0.194. The van der Waals surface area contributed by atoms with Gasteiger partial charge in [-0.25, -0.2) is 0 Å². The van der Waals surface area contributed by atoms with E-state index in [0.29, 0.717) is 0 Å². The van der Waals surface area contributed by atoms with E-state index in [-0.39, 0.29) is 6.04 Å². The third-order valence-electron chi connectivity index (χ3n) is 2.66. The zero-order valence-corrected chi connectivity index (χ0v) is 8.82. The molecule has 0 bridgehead atoms. The SMILES string of the molecule is C=CCN1CC=C([C@@H](N)[C@@H](C)O)CC1. The summed E-state index contributed by atoms with van der Waals surface area (Å²) in [6, 6.07) is -0.194. The van der Waals surface area contributed by atoms with Gasteiger partial charge in [-0.05, 0) is 13.3 Å². The van der Waals surface area contributed by atoms with Crippen LogP contribution in [0.5, 0.6) is 0 Å². The van der Waals surface area contributed by atoms with Crippen molar-refractivity contribution < 1.29 is 5.11 Å². The predicted octanol–water partition coefficient (Wildman–Crippen LogP) is 0.513. The Hall–Kier alpha value is -0.640. The smallest absolute Gasteiger partial charge is 0.0701 e. The molecule has 0 fully saturated rings. The molecule has 80 valence electrons. The summed E-state index contributed by atoms with van der Waals surface area (Å²) in [5, 5.41) is 9.35. The molecule has 3 nitrogen and oxygen atoms in total. The topological polar surface area (TPSA) is 49.5 Å². The summed E-state index contributed by atoms with van der Waals surface area (Å²) < 4.78 is 0. The van der Waals surface area contributed by atoms with Crippen LogP contribution in [0, 0.1) is 0 Å². The monoisotopic (exact) mass is 196 g/mol. The molecule has 0 saturated carbocycles. The average molecular weight is 196 g/mol. The molecule has 0 radical (unpaired) electrons. The van der Waals surface area contributed by atoms with Crippen molar-refractivity contribution in [3.8, 4) is 0 Å². The molecule has 0 amide bonds. The van der Waals surface area contributed by atoms with Crippen LogP contribution in [0.1, 0.15) is 13.3 Å². The van der Waals surface area contributed by atoms with Gasteiger partial charge in [-0.3, -0.25) is 4.90 Å². The van der Waals surface area contributed by atoms with Crippen LogP contribution in [0.15, 0.2) is 24.3 Å². The minimum atomic E-state index is -0.452. The summed E-state index contributed by atoms with van der Waals surface area (Å²) in [7, 11) is 0. The quantitative estimate of drug-likeness (QED) is 0.644. The van der Waals surface area contributed by atoms with Gasteiger partial charge in [-0.1, -0.05) is 17.7 Å². The second-order valence-electron chi connectivity index (χ2n) is 3.84. The highest BCUT2D eigenvalue weighted by molar-refractivity contribution is 5.15. The summed E-state index contributed by atoms with van der Waals surface area (Å²) in [5.74, 6) is 0. The normalized spacial score (nSPS) is 22.6.